The van der Waals surface area contributed by atoms with Gasteiger partial charge < -0.3 is 34.8 Å². The van der Waals surface area contributed by atoms with E-state index in [1.807, 2.05) is 48.5 Å². The number of nitrogens with zero attached hydrogens (tertiary/aromatic N) is 6. The van der Waals surface area contributed by atoms with E-state index in [1.54, 1.807) is 26.4 Å². The minimum Gasteiger partial charge on any atom is -0.496 e. The quantitative estimate of drug-likeness (QED) is 0.0952. The summed E-state index contributed by atoms with van der Waals surface area (Å²) in [5.74, 6) is 0.368. The molecule has 60 heavy (non-hydrogen) atoms. The SMILES string of the molecule is COc1ccc(C2(O)CCN(C)CC2)cc1-c1[nH]nc2nc(Cl)ccc12.COc1ccc(C2(O)CCN(C)CC2)cc1-c1[nH]nc2nc(Nc3ccc(F)cc3F)ccc12. The van der Waals surface area contributed by atoms with Crippen LogP contribution < -0.4 is 14.8 Å². The molecule has 0 aliphatic carbocycles. The first-order valence-corrected chi connectivity index (χ1v) is 20.0. The summed E-state index contributed by atoms with van der Waals surface area (Å²) < 4.78 is 38.3. The lowest BCUT2D eigenvalue weighted by Gasteiger charge is -2.37. The van der Waals surface area contributed by atoms with E-state index in [0.717, 1.165) is 71.0 Å². The third-order valence-corrected chi connectivity index (χ3v) is 11.8. The van der Waals surface area contributed by atoms with E-state index in [4.69, 9.17) is 21.1 Å². The van der Waals surface area contributed by atoms with Crippen molar-refractivity contribution in [3.05, 3.63) is 107 Å². The van der Waals surface area contributed by atoms with Crippen LogP contribution in [0.2, 0.25) is 5.15 Å². The number of ether oxygens (including phenoxy) is 2. The van der Waals surface area contributed by atoms with Gasteiger partial charge in [-0.1, -0.05) is 23.7 Å². The van der Waals surface area contributed by atoms with Crippen molar-refractivity contribution in [3.8, 4) is 34.0 Å². The second-order valence-electron chi connectivity index (χ2n) is 15.5. The Morgan fingerprint density at radius 2 is 1.17 bits per heavy atom. The molecule has 4 aromatic heterocycles. The first-order chi connectivity index (χ1) is 28.9. The minimum absolute atomic E-state index is 0.116. The van der Waals surface area contributed by atoms with Crippen LogP contribution in [-0.4, -0.2) is 105 Å². The fourth-order valence-corrected chi connectivity index (χ4v) is 8.06. The molecule has 312 valence electrons. The number of aromatic nitrogens is 6. The molecule has 2 aliphatic rings. The molecule has 7 aromatic rings. The van der Waals surface area contributed by atoms with Crippen LogP contribution in [0.3, 0.4) is 0 Å². The van der Waals surface area contributed by atoms with E-state index in [0.29, 0.717) is 65.1 Å². The number of H-pyrrole nitrogens is 2. The molecule has 3 aromatic carbocycles. The third kappa shape index (κ3) is 8.23. The zero-order valence-corrected chi connectivity index (χ0v) is 34.4. The average Bonchev–Trinajstić information content (AvgIpc) is 3.87. The number of halogens is 3. The standard InChI is InChI=1S/C25H25F2N5O2.C19H21ClN4O2/c1-32-11-9-25(33,10-12-32)15-3-7-21(34-2)18(13-15)23-17-5-8-22(29-24(17)31-30-23)28-20-6-4-16(26)14-19(20)27;1-24-9-7-19(25,8-10-24)12-3-5-15(26-2)14(11-12)17-13-4-6-16(20)21-18(13)23-22-17/h3-8,13-14,33H,9-12H2,1-2H3,(H2,28,29,30,31);3-6,11,25H,7-10H2,1-2H3,(H,21,22,23). The van der Waals surface area contributed by atoms with Crippen LogP contribution in [0.25, 0.3) is 44.6 Å². The van der Waals surface area contributed by atoms with Crippen LogP contribution in [-0.2, 0) is 11.2 Å². The Labute approximate surface area is 350 Å². The average molecular weight is 838 g/mol. The number of hydrogen-bond donors (Lipinski definition) is 5. The van der Waals surface area contributed by atoms with E-state index in [-0.39, 0.29) is 5.69 Å². The van der Waals surface area contributed by atoms with Crippen molar-refractivity contribution in [2.45, 2.75) is 36.9 Å². The number of hydrogen-bond acceptors (Lipinski definition) is 11. The Bertz CT molecular complexity index is 2660. The maximum atomic E-state index is 14.0. The van der Waals surface area contributed by atoms with Crippen molar-refractivity contribution in [1.29, 1.82) is 0 Å². The molecule has 0 spiro atoms. The maximum Gasteiger partial charge on any atom is 0.183 e. The molecule has 0 bridgehead atoms. The topological polar surface area (TPSA) is 161 Å². The molecule has 0 unspecified atom stereocenters. The lowest BCUT2D eigenvalue weighted by atomic mass is 9.83. The van der Waals surface area contributed by atoms with Gasteiger partial charge in [-0.15, -0.1) is 0 Å². The summed E-state index contributed by atoms with van der Waals surface area (Å²) in [5, 5.41) is 42.0. The number of likely N-dealkylation sites (tertiary alicyclic amines) is 2. The largest absolute Gasteiger partial charge is 0.496 e. The second kappa shape index (κ2) is 16.7. The van der Waals surface area contributed by atoms with Crippen molar-refractivity contribution < 1.29 is 28.5 Å². The third-order valence-electron chi connectivity index (χ3n) is 11.6. The number of benzene rings is 3. The molecule has 2 aliphatic heterocycles. The summed E-state index contributed by atoms with van der Waals surface area (Å²) >= 11 is 5.96. The molecule has 5 N–H and O–H groups in total. The summed E-state index contributed by atoms with van der Waals surface area (Å²) in [6.45, 7) is 3.37. The number of aliphatic hydroxyl groups is 2. The fraction of sp³-hybridized carbons (Fsp3) is 0.318. The van der Waals surface area contributed by atoms with Crippen LogP contribution in [0.1, 0.15) is 36.8 Å². The predicted molar refractivity (Wildman–Crippen MR) is 228 cm³/mol. The first-order valence-electron chi connectivity index (χ1n) is 19.6. The number of nitrogens with one attached hydrogen (secondary N) is 3. The molecule has 6 heterocycles. The number of methoxy groups -OCH3 is 2. The number of aromatic amines is 2. The Kier molecular flexibility index (Phi) is 11.5. The van der Waals surface area contributed by atoms with Gasteiger partial charge in [0.2, 0.25) is 0 Å². The molecule has 2 fully saturated rings. The van der Waals surface area contributed by atoms with Gasteiger partial charge in [-0.3, -0.25) is 10.2 Å². The van der Waals surface area contributed by atoms with E-state index in [2.05, 4.69) is 59.6 Å². The van der Waals surface area contributed by atoms with E-state index >= 15 is 0 Å². The van der Waals surface area contributed by atoms with Crippen molar-refractivity contribution in [3.63, 3.8) is 0 Å². The van der Waals surface area contributed by atoms with Gasteiger partial charge in [0.05, 0.1) is 42.5 Å². The van der Waals surface area contributed by atoms with Crippen LogP contribution in [0.5, 0.6) is 11.5 Å². The summed E-state index contributed by atoms with van der Waals surface area (Å²) in [6, 6.07) is 22.0. The van der Waals surface area contributed by atoms with Crippen LogP contribution in [0.15, 0.2) is 78.9 Å². The molecule has 0 atom stereocenters. The van der Waals surface area contributed by atoms with E-state index < -0.39 is 22.8 Å². The molecule has 0 radical (unpaired) electrons. The van der Waals surface area contributed by atoms with Gasteiger partial charge >= 0.3 is 0 Å². The summed E-state index contributed by atoms with van der Waals surface area (Å²) in [4.78, 5) is 13.1. The lowest BCUT2D eigenvalue weighted by molar-refractivity contribution is -0.0205. The van der Waals surface area contributed by atoms with Gasteiger partial charge in [-0.25, -0.2) is 18.7 Å². The number of piperidine rings is 2. The molecule has 13 nitrogen and oxygen atoms in total. The normalized spacial score (nSPS) is 16.7. The molecule has 16 heteroatoms. The summed E-state index contributed by atoms with van der Waals surface area (Å²) in [7, 11) is 7.36. The van der Waals surface area contributed by atoms with Gasteiger partial charge in [0.1, 0.15) is 34.1 Å². The maximum absolute atomic E-state index is 14.0. The van der Waals surface area contributed by atoms with Crippen molar-refractivity contribution in [2.75, 3.05) is 59.8 Å². The predicted octanol–water partition coefficient (Wildman–Crippen LogP) is 7.77. The monoisotopic (exact) mass is 837 g/mol. The van der Waals surface area contributed by atoms with Gasteiger partial charge in [-0.2, -0.15) is 10.2 Å². The van der Waals surface area contributed by atoms with Crippen LogP contribution in [0, 0.1) is 11.6 Å². The first kappa shape index (κ1) is 41.0. The van der Waals surface area contributed by atoms with Crippen LogP contribution in [0.4, 0.5) is 20.3 Å². The lowest BCUT2D eigenvalue weighted by Crippen LogP contribution is -2.40. The Morgan fingerprint density at radius 3 is 1.67 bits per heavy atom. The van der Waals surface area contributed by atoms with Gasteiger partial charge in [0.25, 0.3) is 0 Å². The zero-order valence-electron chi connectivity index (χ0n) is 33.7. The van der Waals surface area contributed by atoms with Crippen molar-refractivity contribution in [2.24, 2.45) is 0 Å². The van der Waals surface area contributed by atoms with Crippen molar-refractivity contribution in [1.82, 2.24) is 40.2 Å². The fourth-order valence-electron chi connectivity index (χ4n) is 7.92. The van der Waals surface area contributed by atoms with E-state index in [1.165, 1.54) is 12.1 Å². The summed E-state index contributed by atoms with van der Waals surface area (Å²) in [5.41, 5.74) is 4.21. The minimum atomic E-state index is -0.905. The molecule has 2 saturated heterocycles. The molecule has 0 amide bonds. The van der Waals surface area contributed by atoms with Crippen LogP contribution >= 0.6 is 11.6 Å². The molecule has 9 rings (SSSR count). The van der Waals surface area contributed by atoms with Crippen molar-refractivity contribution >= 4 is 45.2 Å². The molecular formula is C44H46ClF2N9O4. The highest BCUT2D eigenvalue weighted by Crippen LogP contribution is 2.41. The Hall–Kier alpha value is -5.71. The highest BCUT2D eigenvalue weighted by molar-refractivity contribution is 6.29. The molecule has 0 saturated carbocycles. The number of rotatable bonds is 8. The van der Waals surface area contributed by atoms with E-state index in [9.17, 15) is 19.0 Å². The molecular weight excluding hydrogens is 792 g/mol. The van der Waals surface area contributed by atoms with Gasteiger partial charge in [-0.05, 0) is 112 Å². The smallest absolute Gasteiger partial charge is 0.183 e. The highest BCUT2D eigenvalue weighted by Gasteiger charge is 2.35. The highest BCUT2D eigenvalue weighted by atomic mass is 35.5. The second-order valence-corrected chi connectivity index (χ2v) is 15.9. The zero-order chi connectivity index (χ0) is 42.2. The Balaban J connectivity index is 0.000000172. The number of pyridine rings is 2. The number of fused-ring (bicyclic) bond motifs is 2. The Morgan fingerprint density at radius 1 is 0.667 bits per heavy atom. The number of anilines is 2. The van der Waals surface area contributed by atoms with Gasteiger partial charge in [0, 0.05) is 54.1 Å². The van der Waals surface area contributed by atoms with Gasteiger partial charge in [0.15, 0.2) is 11.3 Å². The summed E-state index contributed by atoms with van der Waals surface area (Å²) in [6.07, 6.45) is 2.71.